The summed E-state index contributed by atoms with van der Waals surface area (Å²) >= 11 is 0. The third-order valence-electron chi connectivity index (χ3n) is 7.35. The molecule has 0 heterocycles. The lowest BCUT2D eigenvalue weighted by Crippen LogP contribution is -2.52. The molecule has 29 heavy (non-hydrogen) atoms. The average Bonchev–Trinajstić information content (AvgIpc) is 2.76. The largest absolute Gasteiger partial charge is 0.372 e. The minimum absolute atomic E-state index is 0.0209. The lowest BCUT2D eigenvalue weighted by molar-refractivity contribution is -0.127. The monoisotopic (exact) mass is 388 g/mol. The third kappa shape index (κ3) is 3.18. The van der Waals surface area contributed by atoms with Gasteiger partial charge in [-0.25, -0.2) is 0 Å². The number of rotatable bonds is 5. The Morgan fingerprint density at radius 3 is 2.72 bits per heavy atom. The van der Waals surface area contributed by atoms with E-state index in [1.54, 1.807) is 0 Å². The Kier molecular flexibility index (Phi) is 5.48. The highest BCUT2D eigenvalue weighted by Gasteiger charge is 2.54. The molecule has 3 aliphatic rings. The zero-order chi connectivity index (χ0) is 20.6. The van der Waals surface area contributed by atoms with Crippen LogP contribution in [-0.2, 0) is 21.6 Å². The number of allylic oxidation sites excluding steroid dienone is 6. The Balaban J connectivity index is 1.90. The molecular formula is C27H32O2. The van der Waals surface area contributed by atoms with E-state index in [9.17, 15) is 4.79 Å². The molecule has 0 N–H and O–H groups in total. The molecule has 0 amide bonds. The summed E-state index contributed by atoms with van der Waals surface area (Å²) in [6.45, 7) is 6.70. The summed E-state index contributed by atoms with van der Waals surface area (Å²) in [5.41, 5.74) is 4.76. The van der Waals surface area contributed by atoms with Crippen molar-refractivity contribution in [1.82, 2.24) is 0 Å². The Morgan fingerprint density at radius 1 is 1.21 bits per heavy atom. The summed E-state index contributed by atoms with van der Waals surface area (Å²) in [4.78, 5) is 12.0. The number of fused-ring (bicyclic) bond motifs is 2. The Labute approximate surface area is 175 Å². The van der Waals surface area contributed by atoms with E-state index in [-0.39, 0.29) is 17.8 Å². The summed E-state index contributed by atoms with van der Waals surface area (Å²) in [5, 5.41) is 0. The molecule has 152 valence electrons. The maximum Gasteiger partial charge on any atom is 0.127 e. The van der Waals surface area contributed by atoms with Gasteiger partial charge in [-0.3, -0.25) is 0 Å². The van der Waals surface area contributed by atoms with E-state index < -0.39 is 5.60 Å². The number of aryl methyl sites for hydroxylation is 1. The van der Waals surface area contributed by atoms with Gasteiger partial charge in [0.1, 0.15) is 11.9 Å². The minimum Gasteiger partial charge on any atom is -0.372 e. The van der Waals surface area contributed by atoms with E-state index in [1.165, 1.54) is 22.3 Å². The predicted molar refractivity (Wildman–Crippen MR) is 119 cm³/mol. The summed E-state index contributed by atoms with van der Waals surface area (Å²) in [5.74, 6) is 0.945. The van der Waals surface area contributed by atoms with Crippen molar-refractivity contribution in [2.75, 3.05) is 7.11 Å². The van der Waals surface area contributed by atoms with Crippen LogP contribution in [0.3, 0.4) is 0 Å². The van der Waals surface area contributed by atoms with Gasteiger partial charge in [-0.2, -0.15) is 0 Å². The van der Waals surface area contributed by atoms with Gasteiger partial charge < -0.3 is 9.53 Å². The first kappa shape index (κ1) is 20.1. The van der Waals surface area contributed by atoms with Gasteiger partial charge in [0.05, 0.1) is 0 Å². The number of carbonyl (C=O) groups is 1. The second kappa shape index (κ2) is 7.91. The van der Waals surface area contributed by atoms with E-state index in [0.717, 1.165) is 19.1 Å². The molecule has 0 radical (unpaired) electrons. The smallest absolute Gasteiger partial charge is 0.127 e. The molecule has 2 nitrogen and oxygen atoms in total. The van der Waals surface area contributed by atoms with Crippen LogP contribution < -0.4 is 0 Å². The second-order valence-electron chi connectivity index (χ2n) is 8.90. The number of hydrogen-bond donors (Lipinski definition) is 0. The van der Waals surface area contributed by atoms with Gasteiger partial charge in [-0.15, -0.1) is 0 Å². The molecule has 0 bridgehead atoms. The number of carbonyl (C=O) groups excluding carboxylic acids is 1. The van der Waals surface area contributed by atoms with Crippen molar-refractivity contribution in [3.8, 4) is 0 Å². The normalized spacial score (nSPS) is 33.6. The van der Waals surface area contributed by atoms with Crippen molar-refractivity contribution in [1.29, 1.82) is 0 Å². The second-order valence-corrected chi connectivity index (χ2v) is 8.90. The third-order valence-corrected chi connectivity index (χ3v) is 7.35. The maximum absolute atomic E-state index is 12.0. The number of benzene rings is 1. The van der Waals surface area contributed by atoms with Crippen LogP contribution >= 0.6 is 0 Å². The van der Waals surface area contributed by atoms with Gasteiger partial charge in [0.25, 0.3) is 0 Å². The summed E-state index contributed by atoms with van der Waals surface area (Å²) < 4.78 is 6.48. The van der Waals surface area contributed by atoms with E-state index in [2.05, 4.69) is 69.4 Å². The zero-order valence-electron chi connectivity index (χ0n) is 18.0. The van der Waals surface area contributed by atoms with Crippen LogP contribution in [-0.4, -0.2) is 13.4 Å². The molecule has 0 aromatic heterocycles. The summed E-state index contributed by atoms with van der Waals surface area (Å²) in [6, 6.07) is 6.73. The van der Waals surface area contributed by atoms with Gasteiger partial charge >= 0.3 is 0 Å². The molecule has 0 saturated carbocycles. The van der Waals surface area contributed by atoms with E-state index in [0.29, 0.717) is 11.8 Å². The molecule has 6 unspecified atom stereocenters. The topological polar surface area (TPSA) is 26.3 Å². The van der Waals surface area contributed by atoms with Crippen LogP contribution in [0.25, 0.3) is 0 Å². The fraction of sp³-hybridized carbons (Fsp3) is 0.444. The molecular weight excluding hydrogens is 356 g/mol. The van der Waals surface area contributed by atoms with Gasteiger partial charge in [-0.1, -0.05) is 80.1 Å². The van der Waals surface area contributed by atoms with Crippen molar-refractivity contribution in [3.63, 3.8) is 0 Å². The highest BCUT2D eigenvalue weighted by molar-refractivity contribution is 5.60. The number of aldehydes is 1. The zero-order valence-corrected chi connectivity index (χ0v) is 18.0. The SMILES string of the molecule is CCC(C)C1=CC2Cc3cc(C)ccc3C(OC)(C3C=CC=CC3C=O)C2C=C1. The van der Waals surface area contributed by atoms with Gasteiger partial charge in [0.15, 0.2) is 0 Å². The number of methoxy groups -OCH3 is 1. The first-order valence-electron chi connectivity index (χ1n) is 10.9. The fourth-order valence-corrected chi connectivity index (χ4v) is 5.65. The van der Waals surface area contributed by atoms with Gasteiger partial charge in [-0.05, 0) is 48.3 Å². The van der Waals surface area contributed by atoms with Crippen molar-refractivity contribution < 1.29 is 9.53 Å². The fourth-order valence-electron chi connectivity index (χ4n) is 5.65. The highest BCUT2D eigenvalue weighted by Crippen LogP contribution is 2.55. The lowest BCUT2D eigenvalue weighted by Gasteiger charge is -2.52. The molecule has 1 aromatic carbocycles. The van der Waals surface area contributed by atoms with Crippen molar-refractivity contribution in [2.45, 2.75) is 39.2 Å². The van der Waals surface area contributed by atoms with Crippen molar-refractivity contribution in [3.05, 3.63) is 83.0 Å². The quantitative estimate of drug-likeness (QED) is 0.603. The molecule has 0 aliphatic heterocycles. The number of hydrogen-bond acceptors (Lipinski definition) is 2. The van der Waals surface area contributed by atoms with E-state index in [1.807, 2.05) is 19.3 Å². The standard InChI is InChI=1S/C27H32O2/c1-5-19(3)20-11-13-26-23(15-20)16-22-14-18(2)10-12-25(22)27(26,29-4)24-9-7-6-8-21(24)17-28/h6-15,17,19,21,23-24,26H,5,16H2,1-4H3. The molecule has 0 saturated heterocycles. The van der Waals surface area contributed by atoms with Crippen molar-refractivity contribution >= 4 is 6.29 Å². The maximum atomic E-state index is 12.0. The minimum atomic E-state index is -0.549. The Hall–Kier alpha value is -2.19. The van der Waals surface area contributed by atoms with Gasteiger partial charge in [0.2, 0.25) is 0 Å². The lowest BCUT2D eigenvalue weighted by atomic mass is 9.57. The molecule has 3 aliphatic carbocycles. The van der Waals surface area contributed by atoms with E-state index >= 15 is 0 Å². The molecule has 4 rings (SSSR count). The Bertz CT molecular complexity index is 903. The van der Waals surface area contributed by atoms with Crippen LogP contribution in [0.1, 0.15) is 37.0 Å². The average molecular weight is 389 g/mol. The Morgan fingerprint density at radius 2 is 2.00 bits per heavy atom. The predicted octanol–water partition coefficient (Wildman–Crippen LogP) is 5.72. The summed E-state index contributed by atoms with van der Waals surface area (Å²) in [6.07, 6.45) is 18.6. The first-order valence-corrected chi connectivity index (χ1v) is 10.9. The first-order chi connectivity index (χ1) is 14.0. The van der Waals surface area contributed by atoms with Crippen LogP contribution in [0.4, 0.5) is 0 Å². The van der Waals surface area contributed by atoms with Crippen molar-refractivity contribution in [2.24, 2.45) is 29.6 Å². The molecule has 2 heteroatoms. The van der Waals surface area contributed by atoms with Crippen LogP contribution in [0.2, 0.25) is 0 Å². The summed E-state index contributed by atoms with van der Waals surface area (Å²) in [7, 11) is 1.82. The molecule has 0 spiro atoms. The molecule has 1 aromatic rings. The highest BCUT2D eigenvalue weighted by atomic mass is 16.5. The van der Waals surface area contributed by atoms with Crippen LogP contribution in [0, 0.1) is 36.5 Å². The number of ether oxygens (including phenoxy) is 1. The van der Waals surface area contributed by atoms with Crippen LogP contribution in [0.15, 0.2) is 66.3 Å². The van der Waals surface area contributed by atoms with Crippen LogP contribution in [0.5, 0.6) is 0 Å². The molecule has 6 atom stereocenters. The molecule has 0 fully saturated rings. The van der Waals surface area contributed by atoms with Gasteiger partial charge in [0, 0.05) is 24.9 Å². The van der Waals surface area contributed by atoms with E-state index in [4.69, 9.17) is 4.74 Å².